The molecule has 3 N–H and O–H groups in total. The molecule has 0 aliphatic rings. The Morgan fingerprint density at radius 1 is 1.27 bits per heavy atom. The van der Waals surface area contributed by atoms with Gasteiger partial charge < -0.3 is 10.6 Å². The number of quaternary nitrogens is 1. The first-order chi connectivity index (χ1) is 10.5. The van der Waals surface area contributed by atoms with Crippen molar-refractivity contribution >= 4 is 23.2 Å². The molecule has 0 fully saturated rings. The third-order valence-electron chi connectivity index (χ3n) is 3.26. The zero-order chi connectivity index (χ0) is 16.1. The van der Waals surface area contributed by atoms with Crippen molar-refractivity contribution in [3.8, 4) is 0 Å². The minimum atomic E-state index is -0.799. The van der Waals surface area contributed by atoms with Gasteiger partial charge in [0, 0.05) is 16.7 Å². The summed E-state index contributed by atoms with van der Waals surface area (Å²) in [6.07, 6.45) is 0. The van der Waals surface area contributed by atoms with E-state index < -0.39 is 11.6 Å². The summed E-state index contributed by atoms with van der Waals surface area (Å²) in [7, 11) is 0. The number of nitrogens with two attached hydrogens (primary N) is 1. The highest BCUT2D eigenvalue weighted by atomic mass is 35.5. The van der Waals surface area contributed by atoms with E-state index in [0.29, 0.717) is 5.02 Å². The fraction of sp³-hybridized carbons (Fsp3) is 0.188. The van der Waals surface area contributed by atoms with Crippen LogP contribution in [0, 0.1) is 11.6 Å². The van der Waals surface area contributed by atoms with Gasteiger partial charge in [0.1, 0.15) is 17.7 Å². The van der Waals surface area contributed by atoms with Gasteiger partial charge in [-0.15, -0.1) is 0 Å². The lowest BCUT2D eigenvalue weighted by Gasteiger charge is -2.12. The molecule has 0 aliphatic heterocycles. The Balaban J connectivity index is 1.91. The second kappa shape index (κ2) is 7.33. The Kier molecular flexibility index (Phi) is 5.46. The van der Waals surface area contributed by atoms with E-state index in [0.717, 1.165) is 17.7 Å². The Labute approximate surface area is 132 Å². The largest absolute Gasteiger partial charge is 0.332 e. The molecule has 0 bridgehead atoms. The monoisotopic (exact) mass is 325 g/mol. The number of hydrogen-bond donors (Lipinski definition) is 2. The first-order valence-electron chi connectivity index (χ1n) is 6.80. The second-order valence-electron chi connectivity index (χ2n) is 4.92. The van der Waals surface area contributed by atoms with E-state index >= 15 is 0 Å². The first kappa shape index (κ1) is 16.4. The molecule has 0 spiro atoms. The van der Waals surface area contributed by atoms with Crippen LogP contribution in [0.2, 0.25) is 5.02 Å². The summed E-state index contributed by atoms with van der Waals surface area (Å²) in [6.45, 7) is 2.02. The van der Waals surface area contributed by atoms with Crippen LogP contribution in [-0.2, 0) is 4.79 Å². The number of hydrogen-bond acceptors (Lipinski definition) is 1. The van der Waals surface area contributed by atoms with Crippen LogP contribution in [0.4, 0.5) is 14.5 Å². The van der Waals surface area contributed by atoms with Crippen LogP contribution in [0.1, 0.15) is 18.5 Å². The summed E-state index contributed by atoms with van der Waals surface area (Å²) in [6, 6.07) is 10.4. The molecule has 2 aromatic carbocycles. The molecule has 116 valence electrons. The Morgan fingerprint density at radius 3 is 2.68 bits per heavy atom. The van der Waals surface area contributed by atoms with Crippen molar-refractivity contribution in [3.63, 3.8) is 0 Å². The summed E-state index contributed by atoms with van der Waals surface area (Å²) in [5.41, 5.74) is 0.884. The van der Waals surface area contributed by atoms with Crippen molar-refractivity contribution in [2.45, 2.75) is 13.0 Å². The van der Waals surface area contributed by atoms with E-state index in [2.05, 4.69) is 5.32 Å². The van der Waals surface area contributed by atoms with E-state index in [1.165, 1.54) is 6.07 Å². The normalized spacial score (nSPS) is 12.0. The molecule has 0 aromatic heterocycles. The maximum Gasteiger partial charge on any atom is 0.279 e. The van der Waals surface area contributed by atoms with Gasteiger partial charge in [-0.2, -0.15) is 0 Å². The lowest BCUT2D eigenvalue weighted by Crippen LogP contribution is -2.86. The minimum Gasteiger partial charge on any atom is -0.332 e. The molecule has 2 rings (SSSR count). The zero-order valence-electron chi connectivity index (χ0n) is 11.9. The van der Waals surface area contributed by atoms with Gasteiger partial charge in [-0.25, -0.2) is 8.78 Å². The highest BCUT2D eigenvalue weighted by molar-refractivity contribution is 6.31. The fourth-order valence-corrected chi connectivity index (χ4v) is 2.36. The lowest BCUT2D eigenvalue weighted by molar-refractivity contribution is -0.682. The van der Waals surface area contributed by atoms with E-state index in [1.54, 1.807) is 11.4 Å². The van der Waals surface area contributed by atoms with Gasteiger partial charge in [0.2, 0.25) is 0 Å². The summed E-state index contributed by atoms with van der Waals surface area (Å²) in [5, 5.41) is 4.84. The Morgan fingerprint density at radius 2 is 2.00 bits per heavy atom. The molecule has 0 unspecified atom stereocenters. The molecule has 6 heteroatoms. The van der Waals surface area contributed by atoms with Gasteiger partial charge in [-0.05, 0) is 25.1 Å². The smallest absolute Gasteiger partial charge is 0.279 e. The highest BCUT2D eigenvalue weighted by Gasteiger charge is 2.15. The summed E-state index contributed by atoms with van der Waals surface area (Å²) < 4.78 is 26.2. The average Bonchev–Trinajstić information content (AvgIpc) is 2.48. The third kappa shape index (κ3) is 4.26. The molecule has 0 heterocycles. The van der Waals surface area contributed by atoms with Crippen LogP contribution in [-0.4, -0.2) is 12.5 Å². The summed E-state index contributed by atoms with van der Waals surface area (Å²) in [4.78, 5) is 11.8. The summed E-state index contributed by atoms with van der Waals surface area (Å²) >= 11 is 6.09. The number of halogens is 3. The van der Waals surface area contributed by atoms with Crippen molar-refractivity contribution in [3.05, 3.63) is 64.7 Å². The quantitative estimate of drug-likeness (QED) is 0.872. The zero-order valence-corrected chi connectivity index (χ0v) is 12.7. The van der Waals surface area contributed by atoms with Crippen molar-refractivity contribution in [1.29, 1.82) is 0 Å². The molecule has 1 amide bonds. The number of carbonyl (C=O) groups is 1. The van der Waals surface area contributed by atoms with Gasteiger partial charge in [0.05, 0.1) is 5.69 Å². The van der Waals surface area contributed by atoms with E-state index in [1.807, 2.05) is 25.1 Å². The number of carbonyl (C=O) groups excluding carboxylic acids is 1. The van der Waals surface area contributed by atoms with Crippen LogP contribution >= 0.6 is 11.6 Å². The van der Waals surface area contributed by atoms with Crippen LogP contribution in [0.5, 0.6) is 0 Å². The molecule has 0 radical (unpaired) electrons. The van der Waals surface area contributed by atoms with Gasteiger partial charge in [0.15, 0.2) is 6.54 Å². The maximum absolute atomic E-state index is 13.4. The number of amides is 1. The molecule has 1 atom stereocenters. The van der Waals surface area contributed by atoms with Gasteiger partial charge in [-0.1, -0.05) is 29.8 Å². The van der Waals surface area contributed by atoms with Gasteiger partial charge in [0.25, 0.3) is 5.91 Å². The van der Waals surface area contributed by atoms with Gasteiger partial charge in [-0.3, -0.25) is 4.79 Å². The predicted octanol–water partition coefficient (Wildman–Crippen LogP) is 2.88. The topological polar surface area (TPSA) is 45.7 Å². The molecule has 0 saturated heterocycles. The molecular weight excluding hydrogens is 310 g/mol. The number of benzene rings is 2. The lowest BCUT2D eigenvalue weighted by atomic mass is 10.1. The van der Waals surface area contributed by atoms with E-state index in [4.69, 9.17) is 11.6 Å². The van der Waals surface area contributed by atoms with Crippen molar-refractivity contribution < 1.29 is 18.9 Å². The van der Waals surface area contributed by atoms with Crippen LogP contribution in [0.3, 0.4) is 0 Å². The number of anilines is 1. The molecule has 0 saturated carbocycles. The Bertz CT molecular complexity index is 679. The fourth-order valence-electron chi connectivity index (χ4n) is 2.05. The minimum absolute atomic E-state index is 0.0162. The first-order valence-corrected chi connectivity index (χ1v) is 7.18. The number of nitrogens with one attached hydrogen (secondary N) is 1. The summed E-state index contributed by atoms with van der Waals surface area (Å²) in [5.74, 6) is -1.86. The molecule has 0 aliphatic carbocycles. The second-order valence-corrected chi connectivity index (χ2v) is 5.33. The van der Waals surface area contributed by atoms with Crippen LogP contribution < -0.4 is 10.6 Å². The molecule has 22 heavy (non-hydrogen) atoms. The van der Waals surface area contributed by atoms with Crippen LogP contribution in [0.25, 0.3) is 0 Å². The molecule has 3 nitrogen and oxygen atoms in total. The average molecular weight is 326 g/mol. The van der Waals surface area contributed by atoms with Crippen molar-refractivity contribution in [2.24, 2.45) is 0 Å². The Hall–Kier alpha value is -1.98. The van der Waals surface area contributed by atoms with Crippen molar-refractivity contribution in [2.75, 3.05) is 11.9 Å². The highest BCUT2D eigenvalue weighted by Crippen LogP contribution is 2.19. The number of rotatable bonds is 5. The molecule has 2 aromatic rings. The van der Waals surface area contributed by atoms with Gasteiger partial charge >= 0.3 is 0 Å². The van der Waals surface area contributed by atoms with Crippen molar-refractivity contribution in [1.82, 2.24) is 0 Å². The van der Waals surface area contributed by atoms with E-state index in [9.17, 15) is 13.6 Å². The standard InChI is InChI=1S/C16H15ClF2N2O/c1-10(12-4-2-3-5-13(12)17)20-9-16(22)21-15-7-6-11(18)8-14(15)19/h2-8,10,20H,9H2,1H3,(H,21,22)/p+1/t10-/m1/s1. The predicted molar refractivity (Wildman–Crippen MR) is 81.6 cm³/mol. The van der Waals surface area contributed by atoms with Crippen LogP contribution in [0.15, 0.2) is 42.5 Å². The molecular formula is C16H16ClF2N2O+. The maximum atomic E-state index is 13.4. The SMILES string of the molecule is C[C@@H]([NH2+]CC(=O)Nc1ccc(F)cc1F)c1ccccc1Cl. The third-order valence-corrected chi connectivity index (χ3v) is 3.60. The van der Waals surface area contributed by atoms with E-state index in [-0.39, 0.29) is 24.2 Å².